The van der Waals surface area contributed by atoms with Crippen molar-refractivity contribution in [3.05, 3.63) is 88.2 Å². The Morgan fingerprint density at radius 2 is 1.71 bits per heavy atom. The van der Waals surface area contributed by atoms with E-state index in [9.17, 15) is 9.59 Å². The molecular weight excluding hydrogens is 350 g/mol. The highest BCUT2D eigenvalue weighted by atomic mass is 16.2. The molecule has 0 bridgehead atoms. The zero-order valence-corrected chi connectivity index (χ0v) is 16.5. The summed E-state index contributed by atoms with van der Waals surface area (Å²) >= 11 is 0. The summed E-state index contributed by atoms with van der Waals surface area (Å²) in [6, 6.07) is 20.3. The lowest BCUT2D eigenvalue weighted by molar-refractivity contribution is -0.135. The third kappa shape index (κ3) is 4.36. The molecule has 0 aliphatic carbocycles. The quantitative estimate of drug-likeness (QED) is 0.658. The number of nitrogens with zero attached hydrogens (tertiary/aromatic N) is 3. The first-order valence-electron chi connectivity index (χ1n) is 9.49. The zero-order valence-electron chi connectivity index (χ0n) is 16.5. The van der Waals surface area contributed by atoms with Crippen LogP contribution in [0.3, 0.4) is 0 Å². The predicted octanol–water partition coefficient (Wildman–Crippen LogP) is 3.83. The highest BCUT2D eigenvalue weighted by Gasteiger charge is 2.23. The molecule has 144 valence electrons. The van der Waals surface area contributed by atoms with E-state index in [1.54, 1.807) is 17.9 Å². The average molecular weight is 375 g/mol. The number of aromatic nitrogens is 2. The second-order valence-corrected chi connectivity index (χ2v) is 6.88. The van der Waals surface area contributed by atoms with Crippen LogP contribution in [0.4, 0.5) is 0 Å². The summed E-state index contributed by atoms with van der Waals surface area (Å²) in [5.41, 5.74) is 3.51. The molecule has 2 aromatic carbocycles. The molecule has 1 aromatic heterocycles. The maximum absolute atomic E-state index is 13.0. The molecule has 5 nitrogen and oxygen atoms in total. The van der Waals surface area contributed by atoms with Gasteiger partial charge in [0.05, 0.1) is 5.69 Å². The maximum atomic E-state index is 13.0. The Kier molecular flexibility index (Phi) is 6.04. The van der Waals surface area contributed by atoms with Crippen molar-refractivity contribution in [2.24, 2.45) is 0 Å². The van der Waals surface area contributed by atoms with Gasteiger partial charge >= 0.3 is 0 Å². The Labute approximate surface area is 165 Å². The Balaban J connectivity index is 1.86. The number of benzene rings is 2. The van der Waals surface area contributed by atoms with E-state index >= 15 is 0 Å². The average Bonchev–Trinajstić information content (AvgIpc) is 2.73. The smallest absolute Gasteiger partial charge is 0.267 e. The van der Waals surface area contributed by atoms with Crippen molar-refractivity contribution in [3.63, 3.8) is 0 Å². The summed E-state index contributed by atoms with van der Waals surface area (Å²) in [5.74, 6) is -0.123. The van der Waals surface area contributed by atoms with E-state index in [1.807, 2.05) is 68.4 Å². The third-order valence-electron chi connectivity index (χ3n) is 4.81. The molecular formula is C23H25N3O2. The Hall–Kier alpha value is -3.21. The first-order valence-corrected chi connectivity index (χ1v) is 9.49. The van der Waals surface area contributed by atoms with Crippen LogP contribution in [0.25, 0.3) is 11.3 Å². The minimum absolute atomic E-state index is 0.123. The van der Waals surface area contributed by atoms with E-state index in [4.69, 9.17) is 0 Å². The van der Waals surface area contributed by atoms with Crippen molar-refractivity contribution >= 4 is 5.91 Å². The van der Waals surface area contributed by atoms with E-state index in [1.165, 1.54) is 10.7 Å². The number of hydrogen-bond donors (Lipinski definition) is 0. The van der Waals surface area contributed by atoms with Crippen molar-refractivity contribution in [2.45, 2.75) is 33.4 Å². The monoisotopic (exact) mass is 375 g/mol. The van der Waals surface area contributed by atoms with Crippen LogP contribution < -0.4 is 5.56 Å². The van der Waals surface area contributed by atoms with E-state index in [2.05, 4.69) is 5.10 Å². The van der Waals surface area contributed by atoms with Crippen LogP contribution in [0.15, 0.2) is 71.5 Å². The topological polar surface area (TPSA) is 55.2 Å². The van der Waals surface area contributed by atoms with Gasteiger partial charge in [-0.25, -0.2) is 4.68 Å². The van der Waals surface area contributed by atoms with Crippen molar-refractivity contribution in [3.8, 4) is 11.3 Å². The summed E-state index contributed by atoms with van der Waals surface area (Å²) in [4.78, 5) is 27.2. The maximum Gasteiger partial charge on any atom is 0.267 e. The number of amides is 1. The van der Waals surface area contributed by atoms with Gasteiger partial charge in [-0.05, 0) is 32.4 Å². The van der Waals surface area contributed by atoms with Crippen LogP contribution in [-0.2, 0) is 11.3 Å². The SMILES string of the molecule is CCN(Cc1ccccc1)C(=O)C(C)n1nc(-c2ccc(C)cc2)ccc1=O. The molecule has 0 spiro atoms. The molecule has 0 aliphatic heterocycles. The minimum Gasteiger partial charge on any atom is -0.337 e. The lowest BCUT2D eigenvalue weighted by Gasteiger charge is -2.25. The summed E-state index contributed by atoms with van der Waals surface area (Å²) in [6.07, 6.45) is 0. The molecule has 0 saturated heterocycles. The second-order valence-electron chi connectivity index (χ2n) is 6.88. The van der Waals surface area contributed by atoms with Gasteiger partial charge in [-0.1, -0.05) is 60.2 Å². The highest BCUT2D eigenvalue weighted by molar-refractivity contribution is 5.80. The largest absolute Gasteiger partial charge is 0.337 e. The van der Waals surface area contributed by atoms with Crippen molar-refractivity contribution in [1.82, 2.24) is 14.7 Å². The van der Waals surface area contributed by atoms with E-state index < -0.39 is 6.04 Å². The van der Waals surface area contributed by atoms with Gasteiger partial charge in [-0.3, -0.25) is 9.59 Å². The van der Waals surface area contributed by atoms with Crippen LogP contribution in [0, 0.1) is 6.92 Å². The van der Waals surface area contributed by atoms with Gasteiger partial charge in [0.2, 0.25) is 5.91 Å². The van der Waals surface area contributed by atoms with Crippen molar-refractivity contribution < 1.29 is 4.79 Å². The summed E-state index contributed by atoms with van der Waals surface area (Å²) < 4.78 is 1.28. The Morgan fingerprint density at radius 3 is 2.36 bits per heavy atom. The molecule has 28 heavy (non-hydrogen) atoms. The van der Waals surface area contributed by atoms with Crippen LogP contribution in [-0.4, -0.2) is 27.1 Å². The fourth-order valence-corrected chi connectivity index (χ4v) is 3.10. The molecule has 0 saturated carbocycles. The lowest BCUT2D eigenvalue weighted by Crippen LogP contribution is -2.39. The zero-order chi connectivity index (χ0) is 20.1. The second kappa shape index (κ2) is 8.65. The fourth-order valence-electron chi connectivity index (χ4n) is 3.10. The third-order valence-corrected chi connectivity index (χ3v) is 4.81. The van der Waals surface area contributed by atoms with Crippen LogP contribution in [0.5, 0.6) is 0 Å². The number of aryl methyl sites for hydroxylation is 1. The molecule has 5 heteroatoms. The van der Waals surface area contributed by atoms with Crippen LogP contribution in [0.1, 0.15) is 31.0 Å². The molecule has 3 rings (SSSR count). The molecule has 1 heterocycles. The van der Waals surface area contributed by atoms with Gasteiger partial charge in [0, 0.05) is 24.7 Å². The number of hydrogen-bond acceptors (Lipinski definition) is 3. The van der Waals surface area contributed by atoms with E-state index in [0.717, 1.165) is 16.7 Å². The predicted molar refractivity (Wildman–Crippen MR) is 111 cm³/mol. The summed E-state index contributed by atoms with van der Waals surface area (Å²) in [7, 11) is 0. The standard InChI is InChI=1S/C23H25N3O2/c1-4-25(16-19-8-6-5-7-9-19)23(28)18(3)26-22(27)15-14-21(24-26)20-12-10-17(2)11-13-20/h5-15,18H,4,16H2,1-3H3. The van der Waals surface area contributed by atoms with Gasteiger partial charge in [-0.2, -0.15) is 5.10 Å². The molecule has 0 radical (unpaired) electrons. The molecule has 1 unspecified atom stereocenters. The minimum atomic E-state index is -0.679. The number of rotatable bonds is 6. The van der Waals surface area contributed by atoms with Crippen molar-refractivity contribution in [1.29, 1.82) is 0 Å². The first kappa shape index (κ1) is 19.5. The molecule has 1 amide bonds. The van der Waals surface area contributed by atoms with E-state index in [0.29, 0.717) is 18.8 Å². The van der Waals surface area contributed by atoms with Gasteiger partial charge in [0.15, 0.2) is 0 Å². The lowest BCUT2D eigenvalue weighted by atomic mass is 10.1. The van der Waals surface area contributed by atoms with E-state index in [-0.39, 0.29) is 11.5 Å². The number of carbonyl (C=O) groups is 1. The van der Waals surface area contributed by atoms with Gasteiger partial charge in [0.25, 0.3) is 5.56 Å². The molecule has 1 atom stereocenters. The first-order chi connectivity index (χ1) is 13.5. The number of carbonyl (C=O) groups excluding carboxylic acids is 1. The Morgan fingerprint density at radius 1 is 1.04 bits per heavy atom. The van der Waals surface area contributed by atoms with Gasteiger partial charge in [0.1, 0.15) is 6.04 Å². The number of likely N-dealkylation sites (N-methyl/N-ethyl adjacent to an activating group) is 1. The van der Waals surface area contributed by atoms with Crippen LogP contribution in [0.2, 0.25) is 0 Å². The summed E-state index contributed by atoms with van der Waals surface area (Å²) in [5, 5.41) is 4.47. The van der Waals surface area contributed by atoms with Gasteiger partial charge in [-0.15, -0.1) is 0 Å². The normalized spacial score (nSPS) is 11.8. The molecule has 3 aromatic rings. The highest BCUT2D eigenvalue weighted by Crippen LogP contribution is 2.18. The summed E-state index contributed by atoms with van der Waals surface area (Å²) in [6.45, 7) is 6.75. The molecule has 0 fully saturated rings. The van der Waals surface area contributed by atoms with Crippen molar-refractivity contribution in [2.75, 3.05) is 6.54 Å². The fraction of sp³-hybridized carbons (Fsp3) is 0.261. The molecule has 0 N–H and O–H groups in total. The van der Waals surface area contributed by atoms with Gasteiger partial charge < -0.3 is 4.90 Å². The Bertz CT molecular complexity index is 994. The van der Waals surface area contributed by atoms with Crippen LogP contribution >= 0.6 is 0 Å². The molecule has 0 aliphatic rings.